The Hall–Kier alpha value is -4.73. The second kappa shape index (κ2) is 9.41. The van der Waals surface area contributed by atoms with Crippen LogP contribution >= 0.6 is 0 Å². The van der Waals surface area contributed by atoms with E-state index in [4.69, 9.17) is 15.2 Å². The number of ether oxygens (including phenoxy) is 2. The summed E-state index contributed by atoms with van der Waals surface area (Å²) in [6.07, 6.45) is 1.43. The van der Waals surface area contributed by atoms with Crippen LogP contribution in [0.2, 0.25) is 0 Å². The number of amides is 3. The number of aromatic nitrogens is 1. The van der Waals surface area contributed by atoms with Crippen molar-refractivity contribution in [2.45, 2.75) is 0 Å². The van der Waals surface area contributed by atoms with E-state index in [1.54, 1.807) is 18.2 Å². The van der Waals surface area contributed by atoms with Crippen LogP contribution in [-0.4, -0.2) is 24.0 Å². The summed E-state index contributed by atoms with van der Waals surface area (Å²) in [6, 6.07) is 13.1. The third-order valence-electron chi connectivity index (χ3n) is 4.82. The zero-order valence-electron chi connectivity index (χ0n) is 17.8. The quantitative estimate of drug-likeness (QED) is 0.369. The first-order valence-corrected chi connectivity index (χ1v) is 9.92. The van der Waals surface area contributed by atoms with Gasteiger partial charge in [0.1, 0.15) is 34.4 Å². The molecule has 172 valence electrons. The molecule has 0 spiro atoms. The molecule has 34 heavy (non-hydrogen) atoms. The minimum Gasteiger partial charge on any atom is -0.496 e. The molecular weight excluding hydrogens is 446 g/mol. The molecule has 0 aliphatic carbocycles. The second-order valence-electron chi connectivity index (χ2n) is 7.04. The Balaban J connectivity index is 1.54. The summed E-state index contributed by atoms with van der Waals surface area (Å²) >= 11 is 0. The van der Waals surface area contributed by atoms with E-state index in [9.17, 15) is 18.4 Å². The smallest absolute Gasteiger partial charge is 0.323 e. The summed E-state index contributed by atoms with van der Waals surface area (Å²) in [7, 11) is 1.41. The van der Waals surface area contributed by atoms with Crippen LogP contribution in [0, 0.1) is 11.6 Å². The standard InChI is InChI=1S/C24H18F2N4O4/c1-33-20-9-7-16-19(10-11-28-22(16)21(20)23(27)31)34-15-6-8-18(17(26)12-15)30-24(32)29-14-4-2-13(25)3-5-14/h2-12H,1H3,(H2,27,31)(H2,29,30,32). The highest BCUT2D eigenvalue weighted by Gasteiger charge is 2.18. The topological polar surface area (TPSA) is 116 Å². The Kier molecular flexibility index (Phi) is 6.22. The van der Waals surface area contributed by atoms with Gasteiger partial charge in [0.05, 0.1) is 18.3 Å². The maximum atomic E-state index is 14.6. The van der Waals surface area contributed by atoms with E-state index in [0.717, 1.165) is 6.07 Å². The fourth-order valence-electron chi connectivity index (χ4n) is 3.28. The molecule has 4 N–H and O–H groups in total. The number of hydrogen-bond donors (Lipinski definition) is 3. The van der Waals surface area contributed by atoms with Gasteiger partial charge in [-0.2, -0.15) is 0 Å². The lowest BCUT2D eigenvalue weighted by molar-refractivity contribution is 0.0999. The van der Waals surface area contributed by atoms with Crippen LogP contribution in [0.15, 0.2) is 66.9 Å². The fraction of sp³-hybridized carbons (Fsp3) is 0.0417. The number of nitrogens with two attached hydrogens (primary N) is 1. The predicted octanol–water partition coefficient (Wildman–Crippen LogP) is 5.06. The number of methoxy groups -OCH3 is 1. The molecule has 1 heterocycles. The van der Waals surface area contributed by atoms with Crippen molar-refractivity contribution in [3.05, 3.63) is 84.1 Å². The van der Waals surface area contributed by atoms with Crippen molar-refractivity contribution in [1.29, 1.82) is 0 Å². The molecule has 3 amide bonds. The van der Waals surface area contributed by atoms with Crippen molar-refractivity contribution < 1.29 is 27.8 Å². The minimum atomic E-state index is -0.746. The van der Waals surface area contributed by atoms with Crippen LogP contribution in [0.25, 0.3) is 10.9 Å². The average molecular weight is 464 g/mol. The van der Waals surface area contributed by atoms with Crippen LogP contribution in [0.5, 0.6) is 17.2 Å². The Morgan fingerprint density at radius 3 is 2.38 bits per heavy atom. The van der Waals surface area contributed by atoms with Crippen LogP contribution in [0.3, 0.4) is 0 Å². The fourth-order valence-corrected chi connectivity index (χ4v) is 3.28. The van der Waals surface area contributed by atoms with E-state index >= 15 is 0 Å². The Morgan fingerprint density at radius 2 is 1.71 bits per heavy atom. The Bertz CT molecular complexity index is 1390. The number of carbonyl (C=O) groups excluding carboxylic acids is 2. The van der Waals surface area contributed by atoms with Crippen LogP contribution in [0.1, 0.15) is 10.4 Å². The predicted molar refractivity (Wildman–Crippen MR) is 122 cm³/mol. The number of hydrogen-bond acceptors (Lipinski definition) is 5. The molecule has 4 rings (SSSR count). The van der Waals surface area contributed by atoms with Gasteiger partial charge in [-0.15, -0.1) is 0 Å². The van der Waals surface area contributed by atoms with Gasteiger partial charge >= 0.3 is 6.03 Å². The largest absolute Gasteiger partial charge is 0.496 e. The molecule has 0 bridgehead atoms. The van der Waals surface area contributed by atoms with Gasteiger partial charge in [-0.25, -0.2) is 13.6 Å². The molecule has 0 radical (unpaired) electrons. The van der Waals surface area contributed by atoms with Gasteiger partial charge < -0.3 is 25.8 Å². The SMILES string of the molecule is COc1ccc2c(Oc3ccc(NC(=O)Nc4ccc(F)cc4)c(F)c3)ccnc2c1C(N)=O. The summed E-state index contributed by atoms with van der Waals surface area (Å²) in [4.78, 5) is 28.2. The first-order chi connectivity index (χ1) is 16.4. The maximum Gasteiger partial charge on any atom is 0.323 e. The van der Waals surface area contributed by atoms with Crippen molar-refractivity contribution >= 4 is 34.2 Å². The molecular formula is C24H18F2N4O4. The molecule has 0 aliphatic rings. The number of fused-ring (bicyclic) bond motifs is 1. The van der Waals surface area contributed by atoms with E-state index in [2.05, 4.69) is 15.6 Å². The van der Waals surface area contributed by atoms with Crippen molar-refractivity contribution in [1.82, 2.24) is 4.98 Å². The van der Waals surface area contributed by atoms with E-state index in [0.29, 0.717) is 16.8 Å². The number of carbonyl (C=O) groups is 2. The molecule has 1 aromatic heterocycles. The lowest BCUT2D eigenvalue weighted by Crippen LogP contribution is -2.20. The normalized spacial score (nSPS) is 10.6. The molecule has 0 fully saturated rings. The molecule has 10 heteroatoms. The van der Waals surface area contributed by atoms with Crippen molar-refractivity contribution in [3.63, 3.8) is 0 Å². The van der Waals surface area contributed by atoms with Crippen molar-refractivity contribution in [2.75, 3.05) is 17.7 Å². The highest BCUT2D eigenvalue weighted by molar-refractivity contribution is 6.08. The van der Waals surface area contributed by atoms with Gasteiger partial charge in [0, 0.05) is 23.3 Å². The van der Waals surface area contributed by atoms with Crippen molar-refractivity contribution in [2.24, 2.45) is 5.73 Å². The second-order valence-corrected chi connectivity index (χ2v) is 7.04. The molecule has 0 unspecified atom stereocenters. The summed E-state index contributed by atoms with van der Waals surface area (Å²) in [5.41, 5.74) is 6.12. The maximum absolute atomic E-state index is 14.6. The van der Waals surface area contributed by atoms with Gasteiger partial charge in [-0.3, -0.25) is 9.78 Å². The van der Waals surface area contributed by atoms with E-state index in [-0.39, 0.29) is 28.3 Å². The monoisotopic (exact) mass is 464 g/mol. The van der Waals surface area contributed by atoms with Gasteiger partial charge in [0.15, 0.2) is 0 Å². The number of rotatable bonds is 6. The zero-order chi connectivity index (χ0) is 24.2. The molecule has 0 saturated carbocycles. The number of halogens is 2. The molecule has 8 nitrogen and oxygen atoms in total. The number of benzene rings is 3. The molecule has 4 aromatic rings. The minimum absolute atomic E-state index is 0.0905. The van der Waals surface area contributed by atoms with Crippen molar-refractivity contribution in [3.8, 4) is 17.2 Å². The van der Waals surface area contributed by atoms with Crippen LogP contribution < -0.4 is 25.8 Å². The van der Waals surface area contributed by atoms with Gasteiger partial charge in [-0.1, -0.05) is 0 Å². The highest BCUT2D eigenvalue weighted by atomic mass is 19.1. The number of anilines is 2. The first kappa shape index (κ1) is 22.5. The molecule has 0 saturated heterocycles. The summed E-state index contributed by atoms with van der Waals surface area (Å²) in [5.74, 6) is -1.18. The summed E-state index contributed by atoms with van der Waals surface area (Å²) in [5, 5.41) is 5.32. The lowest BCUT2D eigenvalue weighted by Gasteiger charge is -2.13. The highest BCUT2D eigenvalue weighted by Crippen LogP contribution is 2.34. The van der Waals surface area contributed by atoms with Gasteiger partial charge in [0.25, 0.3) is 5.91 Å². The van der Waals surface area contributed by atoms with E-state index in [1.165, 1.54) is 49.7 Å². The zero-order valence-corrected chi connectivity index (χ0v) is 17.8. The number of nitrogens with one attached hydrogen (secondary N) is 2. The number of pyridine rings is 1. The number of primary amides is 1. The third kappa shape index (κ3) is 4.70. The molecule has 0 atom stereocenters. The Morgan fingerprint density at radius 1 is 0.941 bits per heavy atom. The molecule has 3 aromatic carbocycles. The number of urea groups is 1. The van der Waals surface area contributed by atoms with E-state index < -0.39 is 23.6 Å². The van der Waals surface area contributed by atoms with Crippen LogP contribution in [-0.2, 0) is 0 Å². The average Bonchev–Trinajstić information content (AvgIpc) is 2.81. The summed E-state index contributed by atoms with van der Waals surface area (Å²) < 4.78 is 38.6. The lowest BCUT2D eigenvalue weighted by atomic mass is 10.1. The first-order valence-electron chi connectivity index (χ1n) is 9.92. The molecule has 0 aliphatic heterocycles. The van der Waals surface area contributed by atoms with E-state index in [1.807, 2.05) is 0 Å². The van der Waals surface area contributed by atoms with Crippen LogP contribution in [0.4, 0.5) is 25.0 Å². The Labute approximate surface area is 192 Å². The number of nitrogens with zero attached hydrogens (tertiary/aromatic N) is 1. The summed E-state index contributed by atoms with van der Waals surface area (Å²) in [6.45, 7) is 0. The van der Waals surface area contributed by atoms with Gasteiger partial charge in [0.2, 0.25) is 0 Å². The van der Waals surface area contributed by atoms with Gasteiger partial charge in [-0.05, 0) is 54.6 Å². The third-order valence-corrected chi connectivity index (χ3v) is 4.82.